The maximum atomic E-state index is 13.1. The number of imide groups is 1. The Kier molecular flexibility index (Phi) is 4.31. The largest absolute Gasteiger partial charge is 0.325 e. The Hall–Kier alpha value is -3.33. The first-order chi connectivity index (χ1) is 13.4. The minimum atomic E-state index is -1.23. The number of hydrogen-bond acceptors (Lipinski definition) is 6. The van der Waals surface area contributed by atoms with Crippen LogP contribution in [0.4, 0.5) is 9.93 Å². The molecular formula is C19H17N5O3S. The number of urea groups is 1. The Morgan fingerprint density at radius 1 is 1.21 bits per heavy atom. The lowest BCUT2D eigenvalue weighted by molar-refractivity contribution is -0.134. The van der Waals surface area contributed by atoms with Gasteiger partial charge >= 0.3 is 6.03 Å². The van der Waals surface area contributed by atoms with Crippen molar-refractivity contribution in [1.29, 1.82) is 0 Å². The minimum absolute atomic E-state index is 0.371. The third-order valence-corrected chi connectivity index (χ3v) is 5.67. The quantitative estimate of drug-likeness (QED) is 0.683. The van der Waals surface area contributed by atoms with Crippen molar-refractivity contribution in [1.82, 2.24) is 20.4 Å². The van der Waals surface area contributed by atoms with Crippen LogP contribution in [-0.2, 0) is 15.1 Å². The summed E-state index contributed by atoms with van der Waals surface area (Å²) in [7, 11) is 1.53. The highest BCUT2D eigenvalue weighted by Crippen LogP contribution is 2.31. The highest BCUT2D eigenvalue weighted by molar-refractivity contribution is 7.13. The van der Waals surface area contributed by atoms with Gasteiger partial charge in [0.2, 0.25) is 11.0 Å². The average Bonchev–Trinajstić information content (AvgIpc) is 3.31. The molecule has 1 aliphatic rings. The monoisotopic (exact) mass is 395 g/mol. The summed E-state index contributed by atoms with van der Waals surface area (Å²) in [4.78, 5) is 40.3. The molecule has 4 amide bonds. The van der Waals surface area contributed by atoms with E-state index in [0.29, 0.717) is 10.7 Å². The summed E-state index contributed by atoms with van der Waals surface area (Å²) in [6.45, 7) is 1.28. The molecule has 0 aliphatic carbocycles. The SMILES string of the molecule is CN(C(=O)CN1C(=O)NC(C)(c2ccc3ccccc3c2)C1=O)c1nncs1. The first-order valence-electron chi connectivity index (χ1n) is 8.56. The van der Waals surface area contributed by atoms with Crippen molar-refractivity contribution in [3.63, 3.8) is 0 Å². The van der Waals surface area contributed by atoms with Crippen LogP contribution in [-0.4, -0.2) is 46.5 Å². The lowest BCUT2D eigenvalue weighted by Gasteiger charge is -2.23. The molecule has 0 bridgehead atoms. The van der Waals surface area contributed by atoms with Crippen molar-refractivity contribution >= 4 is 45.1 Å². The Bertz CT molecular complexity index is 1080. The number of benzene rings is 2. The Morgan fingerprint density at radius 3 is 2.68 bits per heavy atom. The van der Waals surface area contributed by atoms with E-state index >= 15 is 0 Å². The third-order valence-electron chi connectivity index (χ3n) is 4.90. The highest BCUT2D eigenvalue weighted by Gasteiger charge is 2.49. The summed E-state index contributed by atoms with van der Waals surface area (Å²) < 4.78 is 0. The van der Waals surface area contributed by atoms with Crippen molar-refractivity contribution in [2.24, 2.45) is 0 Å². The minimum Gasteiger partial charge on any atom is -0.319 e. The van der Waals surface area contributed by atoms with Crippen LogP contribution in [0.3, 0.4) is 0 Å². The third kappa shape index (κ3) is 2.89. The van der Waals surface area contributed by atoms with Gasteiger partial charge in [0.15, 0.2) is 0 Å². The van der Waals surface area contributed by atoms with Gasteiger partial charge < -0.3 is 5.32 Å². The van der Waals surface area contributed by atoms with E-state index in [-0.39, 0.29) is 6.54 Å². The summed E-state index contributed by atoms with van der Waals surface area (Å²) in [5, 5.41) is 12.6. The zero-order valence-electron chi connectivity index (χ0n) is 15.2. The Morgan fingerprint density at radius 2 is 1.96 bits per heavy atom. The van der Waals surface area contributed by atoms with Gasteiger partial charge in [0, 0.05) is 7.05 Å². The zero-order chi connectivity index (χ0) is 19.9. The number of carbonyl (C=O) groups is 3. The predicted octanol–water partition coefficient (Wildman–Crippen LogP) is 2.12. The molecule has 1 saturated heterocycles. The van der Waals surface area contributed by atoms with Gasteiger partial charge in [0.25, 0.3) is 5.91 Å². The van der Waals surface area contributed by atoms with E-state index in [0.717, 1.165) is 15.7 Å². The van der Waals surface area contributed by atoms with Crippen LogP contribution in [0, 0.1) is 0 Å². The number of rotatable bonds is 4. The van der Waals surface area contributed by atoms with Gasteiger partial charge in [0.05, 0.1) is 0 Å². The molecule has 9 heteroatoms. The number of fused-ring (bicyclic) bond motifs is 1. The Labute approximate surface area is 164 Å². The number of likely N-dealkylation sites (N-methyl/N-ethyl adjacent to an activating group) is 1. The Balaban J connectivity index is 1.59. The molecule has 2 heterocycles. The van der Waals surface area contributed by atoms with E-state index < -0.39 is 23.4 Å². The second kappa shape index (κ2) is 6.68. The topological polar surface area (TPSA) is 95.5 Å². The molecule has 4 rings (SSSR count). The summed E-state index contributed by atoms with van der Waals surface area (Å²) in [6, 6.07) is 12.8. The smallest absolute Gasteiger partial charge is 0.319 e. The van der Waals surface area contributed by atoms with Crippen LogP contribution in [0.2, 0.25) is 0 Å². The van der Waals surface area contributed by atoms with Crippen LogP contribution in [0.15, 0.2) is 48.0 Å². The zero-order valence-corrected chi connectivity index (χ0v) is 16.1. The number of anilines is 1. The summed E-state index contributed by atoms with van der Waals surface area (Å²) in [5.41, 5.74) is 0.934. The fourth-order valence-corrected chi connectivity index (χ4v) is 3.74. The van der Waals surface area contributed by atoms with Crippen LogP contribution < -0.4 is 10.2 Å². The van der Waals surface area contributed by atoms with Gasteiger partial charge in [-0.25, -0.2) is 4.79 Å². The van der Waals surface area contributed by atoms with Crippen molar-refractivity contribution < 1.29 is 14.4 Å². The van der Waals surface area contributed by atoms with E-state index in [2.05, 4.69) is 15.5 Å². The molecule has 28 heavy (non-hydrogen) atoms. The van der Waals surface area contributed by atoms with E-state index in [9.17, 15) is 14.4 Å². The lowest BCUT2D eigenvalue weighted by atomic mass is 9.90. The number of aromatic nitrogens is 2. The predicted molar refractivity (Wildman–Crippen MR) is 105 cm³/mol. The van der Waals surface area contributed by atoms with Crippen molar-refractivity contribution in [3.05, 3.63) is 53.5 Å². The number of hydrogen-bond donors (Lipinski definition) is 1. The number of carbonyl (C=O) groups excluding carboxylic acids is 3. The molecule has 2 aromatic carbocycles. The maximum Gasteiger partial charge on any atom is 0.325 e. The normalized spacial score (nSPS) is 19.1. The summed E-state index contributed by atoms with van der Waals surface area (Å²) >= 11 is 1.20. The molecule has 1 unspecified atom stereocenters. The van der Waals surface area contributed by atoms with Crippen LogP contribution in [0.1, 0.15) is 12.5 Å². The number of nitrogens with one attached hydrogen (secondary N) is 1. The molecule has 3 aromatic rings. The fraction of sp³-hybridized carbons (Fsp3) is 0.211. The van der Waals surface area contributed by atoms with E-state index in [1.165, 1.54) is 28.8 Å². The molecule has 0 spiro atoms. The summed E-state index contributed by atoms with van der Waals surface area (Å²) in [5.74, 6) is -0.894. The van der Waals surface area contributed by atoms with Gasteiger partial charge in [-0.15, -0.1) is 10.2 Å². The molecule has 1 N–H and O–H groups in total. The molecule has 1 atom stereocenters. The van der Waals surface area contributed by atoms with Gasteiger partial charge in [0.1, 0.15) is 17.6 Å². The second-order valence-electron chi connectivity index (χ2n) is 6.68. The first-order valence-corrected chi connectivity index (χ1v) is 9.44. The van der Waals surface area contributed by atoms with Crippen molar-refractivity contribution in [2.45, 2.75) is 12.5 Å². The summed E-state index contributed by atoms with van der Waals surface area (Å²) in [6.07, 6.45) is 0. The molecule has 1 aliphatic heterocycles. The van der Waals surface area contributed by atoms with Gasteiger partial charge in [-0.3, -0.25) is 19.4 Å². The van der Waals surface area contributed by atoms with E-state index in [4.69, 9.17) is 0 Å². The second-order valence-corrected chi connectivity index (χ2v) is 7.49. The molecular weight excluding hydrogens is 378 g/mol. The molecule has 142 valence electrons. The van der Waals surface area contributed by atoms with Crippen LogP contribution >= 0.6 is 11.3 Å². The lowest BCUT2D eigenvalue weighted by Crippen LogP contribution is -2.43. The van der Waals surface area contributed by atoms with Crippen LogP contribution in [0.5, 0.6) is 0 Å². The average molecular weight is 395 g/mol. The standard InChI is InChI=1S/C19H17N5O3S/c1-19(14-8-7-12-5-3-4-6-13(12)9-14)16(26)24(17(27)21-19)10-15(25)23(2)18-22-20-11-28-18/h3-9,11H,10H2,1-2H3,(H,21,27). The fourth-order valence-electron chi connectivity index (χ4n) is 3.20. The van der Waals surface area contributed by atoms with Gasteiger partial charge in [-0.05, 0) is 29.3 Å². The van der Waals surface area contributed by atoms with E-state index in [1.54, 1.807) is 6.92 Å². The van der Waals surface area contributed by atoms with Crippen LogP contribution in [0.25, 0.3) is 10.8 Å². The number of amides is 4. The van der Waals surface area contributed by atoms with Crippen molar-refractivity contribution in [3.8, 4) is 0 Å². The molecule has 8 nitrogen and oxygen atoms in total. The van der Waals surface area contributed by atoms with Gasteiger partial charge in [-0.2, -0.15) is 0 Å². The molecule has 1 fully saturated rings. The van der Waals surface area contributed by atoms with Crippen molar-refractivity contribution in [2.75, 3.05) is 18.5 Å². The van der Waals surface area contributed by atoms with E-state index in [1.807, 2.05) is 42.5 Å². The number of nitrogens with zero attached hydrogens (tertiary/aromatic N) is 4. The highest BCUT2D eigenvalue weighted by atomic mass is 32.1. The molecule has 0 saturated carbocycles. The molecule has 1 aromatic heterocycles. The maximum absolute atomic E-state index is 13.1. The van der Waals surface area contributed by atoms with Gasteiger partial charge in [-0.1, -0.05) is 47.7 Å². The first kappa shape index (κ1) is 18.1. The molecule has 0 radical (unpaired) electrons.